The van der Waals surface area contributed by atoms with Crippen LogP contribution in [0.2, 0.25) is 0 Å². The highest BCUT2D eigenvalue weighted by molar-refractivity contribution is 5.94. The maximum Gasteiger partial charge on any atom is 0.425 e. The third-order valence-corrected chi connectivity index (χ3v) is 2.57. The van der Waals surface area contributed by atoms with Gasteiger partial charge in [0.2, 0.25) is 0 Å². The van der Waals surface area contributed by atoms with Gasteiger partial charge in [-0.1, -0.05) is 12.1 Å². The summed E-state index contributed by atoms with van der Waals surface area (Å²) in [5, 5.41) is 2.45. The molecule has 0 unspecified atom stereocenters. The van der Waals surface area contributed by atoms with Gasteiger partial charge in [-0.05, 0) is 30.7 Å². The van der Waals surface area contributed by atoms with Gasteiger partial charge in [0, 0.05) is 18.7 Å². The third-order valence-electron chi connectivity index (χ3n) is 2.57. The van der Waals surface area contributed by atoms with Crippen molar-refractivity contribution in [3.8, 4) is 0 Å². The minimum atomic E-state index is -4.58. The summed E-state index contributed by atoms with van der Waals surface area (Å²) in [4.78, 5) is 22.5. The SMILES string of the molecule is CNC(=O)c1ccc(/C=C\C(=O)O[C@H](C)C(F)(F)F)cc1. The van der Waals surface area contributed by atoms with E-state index < -0.39 is 18.2 Å². The molecule has 1 N–H and O–H groups in total. The molecule has 0 aromatic heterocycles. The van der Waals surface area contributed by atoms with Crippen LogP contribution in [0.4, 0.5) is 13.2 Å². The second kappa shape index (κ2) is 6.92. The fourth-order valence-electron chi connectivity index (χ4n) is 1.33. The first-order valence-corrected chi connectivity index (χ1v) is 6.01. The molecular formula is C14H14F3NO3. The second-order valence-electron chi connectivity index (χ2n) is 4.16. The summed E-state index contributed by atoms with van der Waals surface area (Å²) in [6, 6.07) is 6.17. The first-order valence-electron chi connectivity index (χ1n) is 6.01. The number of carbonyl (C=O) groups excluding carboxylic acids is 2. The Kier molecular flexibility index (Phi) is 5.52. The fourth-order valence-corrected chi connectivity index (χ4v) is 1.33. The molecule has 1 rings (SSSR count). The predicted molar refractivity (Wildman–Crippen MR) is 70.5 cm³/mol. The van der Waals surface area contributed by atoms with Crippen LogP contribution in [-0.2, 0) is 9.53 Å². The third kappa shape index (κ3) is 5.29. The van der Waals surface area contributed by atoms with E-state index in [0.717, 1.165) is 13.0 Å². The highest BCUT2D eigenvalue weighted by Gasteiger charge is 2.38. The lowest BCUT2D eigenvalue weighted by molar-refractivity contribution is -0.213. The Morgan fingerprint density at radius 2 is 1.81 bits per heavy atom. The van der Waals surface area contributed by atoms with E-state index in [1.807, 2.05) is 0 Å². The summed E-state index contributed by atoms with van der Waals surface area (Å²) < 4.78 is 40.8. The van der Waals surface area contributed by atoms with Gasteiger partial charge >= 0.3 is 12.1 Å². The fraction of sp³-hybridized carbons (Fsp3) is 0.286. The normalized spacial score (nSPS) is 13.0. The van der Waals surface area contributed by atoms with Gasteiger partial charge in [-0.2, -0.15) is 13.2 Å². The molecule has 21 heavy (non-hydrogen) atoms. The van der Waals surface area contributed by atoms with Crippen LogP contribution in [-0.4, -0.2) is 31.2 Å². The van der Waals surface area contributed by atoms with Gasteiger partial charge in [0.1, 0.15) is 0 Å². The molecule has 1 aromatic carbocycles. The van der Waals surface area contributed by atoms with Crippen LogP contribution in [0.15, 0.2) is 30.3 Å². The van der Waals surface area contributed by atoms with Crippen molar-refractivity contribution in [1.29, 1.82) is 0 Å². The molecule has 0 bridgehead atoms. The maximum atomic E-state index is 12.2. The summed E-state index contributed by atoms with van der Waals surface area (Å²) in [5.41, 5.74) is 0.988. The van der Waals surface area contributed by atoms with Crippen molar-refractivity contribution >= 4 is 18.0 Å². The van der Waals surface area contributed by atoms with Crippen LogP contribution < -0.4 is 5.32 Å². The lowest BCUT2D eigenvalue weighted by Gasteiger charge is -2.14. The number of alkyl halides is 3. The van der Waals surface area contributed by atoms with Crippen LogP contribution >= 0.6 is 0 Å². The number of hydrogen-bond donors (Lipinski definition) is 1. The summed E-state index contributed by atoms with van der Waals surface area (Å²) in [6.45, 7) is 0.754. The van der Waals surface area contributed by atoms with E-state index in [1.165, 1.54) is 25.3 Å². The number of rotatable bonds is 4. The van der Waals surface area contributed by atoms with Gasteiger partial charge in [0.05, 0.1) is 0 Å². The topological polar surface area (TPSA) is 55.4 Å². The first kappa shape index (κ1) is 16.7. The lowest BCUT2D eigenvalue weighted by Crippen LogP contribution is -2.30. The van der Waals surface area contributed by atoms with E-state index in [-0.39, 0.29) is 5.91 Å². The zero-order valence-electron chi connectivity index (χ0n) is 11.4. The quantitative estimate of drug-likeness (QED) is 0.687. The standard InChI is InChI=1S/C14H14F3NO3/c1-9(14(15,16)17)21-12(19)8-5-10-3-6-11(7-4-10)13(20)18-2/h3-9H,1-2H3,(H,18,20)/b8-5-/t9-/m1/s1. The Bertz CT molecular complexity index is 535. The Labute approximate surface area is 119 Å². The van der Waals surface area contributed by atoms with E-state index in [4.69, 9.17) is 0 Å². The number of carbonyl (C=O) groups is 2. The van der Waals surface area contributed by atoms with Gasteiger partial charge in [0.25, 0.3) is 5.91 Å². The van der Waals surface area contributed by atoms with Gasteiger partial charge in [-0.3, -0.25) is 4.79 Å². The molecule has 1 atom stereocenters. The molecule has 0 aliphatic rings. The van der Waals surface area contributed by atoms with Crippen LogP contribution in [0.5, 0.6) is 0 Å². The van der Waals surface area contributed by atoms with Gasteiger partial charge < -0.3 is 10.1 Å². The molecule has 0 saturated carbocycles. The van der Waals surface area contributed by atoms with Crippen molar-refractivity contribution < 1.29 is 27.5 Å². The van der Waals surface area contributed by atoms with Gasteiger partial charge in [-0.15, -0.1) is 0 Å². The Morgan fingerprint density at radius 1 is 1.24 bits per heavy atom. The van der Waals surface area contributed by atoms with Crippen LogP contribution in [0.3, 0.4) is 0 Å². The molecule has 0 radical (unpaired) electrons. The number of ether oxygens (including phenoxy) is 1. The number of nitrogens with one attached hydrogen (secondary N) is 1. The van der Waals surface area contributed by atoms with Crippen molar-refractivity contribution in [3.05, 3.63) is 41.5 Å². The molecule has 0 saturated heterocycles. The number of halogens is 3. The Morgan fingerprint density at radius 3 is 2.29 bits per heavy atom. The van der Waals surface area contributed by atoms with Crippen LogP contribution in [0, 0.1) is 0 Å². The zero-order valence-corrected chi connectivity index (χ0v) is 11.4. The summed E-state index contributed by atoms with van der Waals surface area (Å²) in [7, 11) is 1.49. The Balaban J connectivity index is 2.64. The number of hydrogen-bond acceptors (Lipinski definition) is 3. The van der Waals surface area contributed by atoms with E-state index in [9.17, 15) is 22.8 Å². The molecule has 0 aliphatic heterocycles. The molecule has 0 heterocycles. The number of benzene rings is 1. The number of esters is 1. The minimum Gasteiger partial charge on any atom is -0.450 e. The molecule has 0 aliphatic carbocycles. The largest absolute Gasteiger partial charge is 0.450 e. The predicted octanol–water partition coefficient (Wildman–Crippen LogP) is 2.55. The highest BCUT2D eigenvalue weighted by atomic mass is 19.4. The van der Waals surface area contributed by atoms with Crippen molar-refractivity contribution in [2.75, 3.05) is 7.05 Å². The van der Waals surface area contributed by atoms with Gasteiger partial charge in [0.15, 0.2) is 6.10 Å². The Hall–Kier alpha value is -2.31. The summed E-state index contributed by atoms with van der Waals surface area (Å²) in [5.74, 6) is -1.35. The van der Waals surface area contributed by atoms with E-state index in [1.54, 1.807) is 12.1 Å². The summed E-state index contributed by atoms with van der Waals surface area (Å²) in [6.07, 6.45) is -4.54. The first-order chi connectivity index (χ1) is 9.74. The van der Waals surface area contributed by atoms with E-state index in [0.29, 0.717) is 11.1 Å². The zero-order chi connectivity index (χ0) is 16.0. The second-order valence-corrected chi connectivity index (χ2v) is 4.16. The average molecular weight is 301 g/mol. The monoisotopic (exact) mass is 301 g/mol. The molecule has 1 aromatic rings. The van der Waals surface area contributed by atoms with Crippen LogP contribution in [0.25, 0.3) is 6.08 Å². The van der Waals surface area contributed by atoms with E-state index >= 15 is 0 Å². The molecule has 114 valence electrons. The van der Waals surface area contributed by atoms with Crippen molar-refractivity contribution in [1.82, 2.24) is 5.32 Å². The molecule has 0 fully saturated rings. The molecule has 0 spiro atoms. The van der Waals surface area contributed by atoms with Crippen LogP contribution in [0.1, 0.15) is 22.8 Å². The van der Waals surface area contributed by atoms with Crippen molar-refractivity contribution in [3.63, 3.8) is 0 Å². The van der Waals surface area contributed by atoms with E-state index in [2.05, 4.69) is 10.1 Å². The lowest BCUT2D eigenvalue weighted by atomic mass is 10.1. The molecule has 4 nitrogen and oxygen atoms in total. The minimum absolute atomic E-state index is 0.260. The smallest absolute Gasteiger partial charge is 0.425 e. The molecular weight excluding hydrogens is 287 g/mol. The van der Waals surface area contributed by atoms with Crippen molar-refractivity contribution in [2.45, 2.75) is 19.2 Å². The summed E-state index contributed by atoms with van der Waals surface area (Å²) >= 11 is 0. The van der Waals surface area contributed by atoms with Gasteiger partial charge in [-0.25, -0.2) is 4.79 Å². The maximum absolute atomic E-state index is 12.2. The van der Waals surface area contributed by atoms with Crippen molar-refractivity contribution in [2.24, 2.45) is 0 Å². The number of amides is 1. The molecule has 7 heteroatoms. The average Bonchev–Trinajstić information content (AvgIpc) is 2.43. The highest BCUT2D eigenvalue weighted by Crippen LogP contribution is 2.22. The molecule has 1 amide bonds.